The Morgan fingerprint density at radius 3 is 3.00 bits per heavy atom. The zero-order valence-electron chi connectivity index (χ0n) is 5.73. The quantitative estimate of drug-likeness (QED) is 0.493. The maximum absolute atomic E-state index is 12.8. The van der Waals surface area contributed by atoms with Crippen molar-refractivity contribution in [2.24, 2.45) is 0 Å². The molecule has 2 rings (SSSR count). The van der Waals surface area contributed by atoms with E-state index >= 15 is 0 Å². The summed E-state index contributed by atoms with van der Waals surface area (Å²) < 4.78 is 30.3. The number of hydrogen-bond donors (Lipinski definition) is 0. The van der Waals surface area contributed by atoms with Gasteiger partial charge in [0.15, 0.2) is 11.6 Å². The minimum atomic E-state index is -0.797. The van der Waals surface area contributed by atoms with E-state index in [1.54, 1.807) is 6.07 Å². The molecule has 11 heavy (non-hydrogen) atoms. The molecule has 0 atom stereocenters. The Kier molecular flexibility index (Phi) is 1.42. The van der Waals surface area contributed by atoms with E-state index in [1.807, 2.05) is 0 Å². The van der Waals surface area contributed by atoms with Crippen LogP contribution in [0.1, 0.15) is 5.56 Å². The second-order valence-corrected chi connectivity index (χ2v) is 2.49. The summed E-state index contributed by atoms with van der Waals surface area (Å²) in [5.41, 5.74) is 1.12. The van der Waals surface area contributed by atoms with Gasteiger partial charge in [-0.1, -0.05) is 6.07 Å². The summed E-state index contributed by atoms with van der Waals surface area (Å²) in [6, 6.07) is 2.68. The SMILES string of the molecule is Fc1ccc2c(c1F)BOC2. The molecule has 0 fully saturated rings. The summed E-state index contributed by atoms with van der Waals surface area (Å²) in [5, 5.41) is 0. The van der Waals surface area contributed by atoms with Gasteiger partial charge in [0.2, 0.25) is 0 Å². The Hall–Kier alpha value is -0.895. The maximum Gasteiger partial charge on any atom is 0.312 e. The Balaban J connectivity index is 2.62. The van der Waals surface area contributed by atoms with Crippen molar-refractivity contribution in [3.63, 3.8) is 0 Å². The normalized spacial score (nSPS) is 14.4. The Bertz CT molecular complexity index is 301. The standard InChI is InChI=1S/C7H5BF2O/c9-5-2-1-4-3-11-8-6(4)7(5)10/h1-2,8H,3H2. The van der Waals surface area contributed by atoms with Crippen LogP contribution in [0.2, 0.25) is 0 Å². The summed E-state index contributed by atoms with van der Waals surface area (Å²) in [6.07, 6.45) is 0. The lowest BCUT2D eigenvalue weighted by Gasteiger charge is -1.97. The summed E-state index contributed by atoms with van der Waals surface area (Å²) >= 11 is 0. The average Bonchev–Trinajstić information content (AvgIpc) is 2.45. The highest BCUT2D eigenvalue weighted by Crippen LogP contribution is 2.10. The number of hydrogen-bond acceptors (Lipinski definition) is 1. The van der Waals surface area contributed by atoms with E-state index < -0.39 is 11.6 Å². The predicted molar refractivity (Wildman–Crippen MR) is 37.9 cm³/mol. The van der Waals surface area contributed by atoms with Crippen molar-refractivity contribution >= 4 is 12.9 Å². The zero-order chi connectivity index (χ0) is 7.84. The van der Waals surface area contributed by atoms with Crippen LogP contribution in [0.15, 0.2) is 12.1 Å². The van der Waals surface area contributed by atoms with Crippen molar-refractivity contribution in [3.05, 3.63) is 29.3 Å². The van der Waals surface area contributed by atoms with Crippen LogP contribution in [0, 0.1) is 11.6 Å². The molecule has 1 nitrogen and oxygen atoms in total. The molecule has 4 heteroatoms. The van der Waals surface area contributed by atoms with Crippen molar-refractivity contribution in [1.82, 2.24) is 0 Å². The zero-order valence-corrected chi connectivity index (χ0v) is 5.73. The second-order valence-electron chi connectivity index (χ2n) is 2.49. The highest BCUT2D eigenvalue weighted by atomic mass is 19.2. The van der Waals surface area contributed by atoms with Crippen LogP contribution in [-0.4, -0.2) is 7.48 Å². The van der Waals surface area contributed by atoms with Gasteiger partial charge in [0.25, 0.3) is 0 Å². The summed E-state index contributed by atoms with van der Waals surface area (Å²) in [5.74, 6) is -1.56. The summed E-state index contributed by atoms with van der Waals surface area (Å²) in [4.78, 5) is 0. The molecule has 0 saturated carbocycles. The van der Waals surface area contributed by atoms with Crippen molar-refractivity contribution in [1.29, 1.82) is 0 Å². The van der Waals surface area contributed by atoms with E-state index in [-0.39, 0.29) is 7.48 Å². The van der Waals surface area contributed by atoms with E-state index in [1.165, 1.54) is 0 Å². The highest BCUT2D eigenvalue weighted by Gasteiger charge is 2.19. The van der Waals surface area contributed by atoms with Gasteiger partial charge in [-0.2, -0.15) is 0 Å². The number of fused-ring (bicyclic) bond motifs is 1. The Morgan fingerprint density at radius 2 is 2.18 bits per heavy atom. The van der Waals surface area contributed by atoms with Crippen molar-refractivity contribution in [2.75, 3.05) is 0 Å². The van der Waals surface area contributed by atoms with Crippen LogP contribution in [0.25, 0.3) is 0 Å². The average molecular weight is 154 g/mol. The first-order chi connectivity index (χ1) is 5.29. The van der Waals surface area contributed by atoms with Gasteiger partial charge in [-0.25, -0.2) is 8.78 Å². The fraction of sp³-hybridized carbons (Fsp3) is 0.143. The van der Waals surface area contributed by atoms with Gasteiger partial charge in [0, 0.05) is 0 Å². The van der Waals surface area contributed by atoms with Crippen molar-refractivity contribution in [3.8, 4) is 0 Å². The van der Waals surface area contributed by atoms with Gasteiger partial charge in [0.1, 0.15) is 0 Å². The fourth-order valence-corrected chi connectivity index (χ4v) is 1.19. The lowest BCUT2D eigenvalue weighted by atomic mass is 9.87. The molecule has 0 bridgehead atoms. The third-order valence-corrected chi connectivity index (χ3v) is 1.80. The molecule has 56 valence electrons. The van der Waals surface area contributed by atoms with E-state index in [4.69, 9.17) is 4.65 Å². The van der Waals surface area contributed by atoms with Crippen LogP contribution in [0.3, 0.4) is 0 Å². The van der Waals surface area contributed by atoms with Crippen molar-refractivity contribution in [2.45, 2.75) is 6.61 Å². The predicted octanol–water partition coefficient (Wildman–Crippen LogP) is 0.472. The van der Waals surface area contributed by atoms with Crippen LogP contribution in [0.5, 0.6) is 0 Å². The molecule has 1 aliphatic heterocycles. The first kappa shape index (κ1) is 6.79. The molecule has 0 saturated heterocycles. The minimum absolute atomic E-state index is 0.193. The lowest BCUT2D eigenvalue weighted by Crippen LogP contribution is -2.18. The summed E-state index contributed by atoms with van der Waals surface area (Å²) in [7, 11) is 0.193. The molecule has 0 aliphatic carbocycles. The molecule has 1 aliphatic rings. The van der Waals surface area contributed by atoms with E-state index in [2.05, 4.69) is 0 Å². The molecule has 1 aromatic carbocycles. The third-order valence-electron chi connectivity index (χ3n) is 1.80. The Labute approximate surface area is 63.3 Å². The van der Waals surface area contributed by atoms with E-state index in [0.717, 1.165) is 11.6 Å². The monoisotopic (exact) mass is 154 g/mol. The number of benzene rings is 1. The Morgan fingerprint density at radius 1 is 1.36 bits per heavy atom. The van der Waals surface area contributed by atoms with Crippen LogP contribution in [0.4, 0.5) is 8.78 Å². The first-order valence-electron chi connectivity index (χ1n) is 3.32. The largest absolute Gasteiger partial charge is 0.430 e. The van der Waals surface area contributed by atoms with Gasteiger partial charge in [-0.05, 0) is 17.1 Å². The second kappa shape index (κ2) is 2.31. The van der Waals surface area contributed by atoms with E-state index in [0.29, 0.717) is 12.1 Å². The molecule has 0 unspecified atom stereocenters. The lowest BCUT2D eigenvalue weighted by molar-refractivity contribution is 0.345. The third kappa shape index (κ3) is 0.941. The molecule has 0 radical (unpaired) electrons. The van der Waals surface area contributed by atoms with Gasteiger partial charge in [-0.3, -0.25) is 0 Å². The number of rotatable bonds is 0. The van der Waals surface area contributed by atoms with E-state index in [9.17, 15) is 8.78 Å². The molecule has 1 heterocycles. The molecular formula is C7H5BF2O. The van der Waals surface area contributed by atoms with Crippen LogP contribution in [-0.2, 0) is 11.3 Å². The molecular weight excluding hydrogens is 149 g/mol. The smallest absolute Gasteiger partial charge is 0.312 e. The minimum Gasteiger partial charge on any atom is -0.430 e. The van der Waals surface area contributed by atoms with Gasteiger partial charge < -0.3 is 4.65 Å². The molecule has 0 N–H and O–H groups in total. The van der Waals surface area contributed by atoms with Crippen LogP contribution >= 0.6 is 0 Å². The van der Waals surface area contributed by atoms with Gasteiger partial charge in [-0.15, -0.1) is 0 Å². The molecule has 0 spiro atoms. The summed E-state index contributed by atoms with van der Waals surface area (Å²) in [6.45, 7) is 0.395. The van der Waals surface area contributed by atoms with Gasteiger partial charge in [0.05, 0.1) is 6.61 Å². The maximum atomic E-state index is 12.8. The topological polar surface area (TPSA) is 9.23 Å². The first-order valence-corrected chi connectivity index (χ1v) is 3.32. The van der Waals surface area contributed by atoms with Crippen LogP contribution < -0.4 is 5.46 Å². The van der Waals surface area contributed by atoms with Gasteiger partial charge >= 0.3 is 7.48 Å². The fourth-order valence-electron chi connectivity index (χ4n) is 1.19. The molecule has 0 aromatic heterocycles. The molecule has 0 amide bonds. The molecule has 1 aromatic rings. The highest BCUT2D eigenvalue weighted by molar-refractivity contribution is 6.48. The van der Waals surface area contributed by atoms with Crippen molar-refractivity contribution < 1.29 is 13.4 Å². The number of halogens is 2.